The van der Waals surface area contributed by atoms with Gasteiger partial charge in [0.05, 0.1) is 0 Å². The van der Waals surface area contributed by atoms with E-state index in [4.69, 9.17) is 9.47 Å². The average Bonchev–Trinajstić information content (AvgIpc) is 3.20. The van der Waals surface area contributed by atoms with Gasteiger partial charge in [-0.05, 0) is 24.8 Å². The van der Waals surface area contributed by atoms with E-state index in [-0.39, 0.29) is 49.7 Å². The van der Waals surface area contributed by atoms with E-state index in [1.165, 1.54) is 5.69 Å². The molecular formula is C23H23N3O2U. The first-order chi connectivity index (χ1) is 13.6. The monoisotopic (exact) mass is 611 g/mol. The molecule has 6 heteroatoms. The molecule has 29 heavy (non-hydrogen) atoms. The zero-order chi connectivity index (χ0) is 19.5. The van der Waals surface area contributed by atoms with E-state index in [1.807, 2.05) is 24.3 Å². The van der Waals surface area contributed by atoms with Crippen molar-refractivity contribution in [1.82, 2.24) is 4.90 Å². The predicted molar refractivity (Wildman–Crippen MR) is 112 cm³/mol. The largest absolute Gasteiger partial charge is 2.00 e. The van der Waals surface area contributed by atoms with Gasteiger partial charge in [-0.3, -0.25) is 0 Å². The van der Waals surface area contributed by atoms with Gasteiger partial charge in [-0.1, -0.05) is 36.9 Å². The molecule has 0 N–H and O–H groups in total. The molecule has 0 aromatic heterocycles. The Labute approximate surface area is 195 Å². The summed E-state index contributed by atoms with van der Waals surface area (Å²) in [5.41, 5.74) is 2.78. The van der Waals surface area contributed by atoms with Crippen LogP contribution in [-0.4, -0.2) is 43.1 Å². The van der Waals surface area contributed by atoms with Crippen molar-refractivity contribution in [2.45, 2.75) is 13.0 Å². The van der Waals surface area contributed by atoms with Crippen LogP contribution in [0.5, 0.6) is 11.5 Å². The molecule has 2 aliphatic heterocycles. The summed E-state index contributed by atoms with van der Waals surface area (Å²) in [6.45, 7) is 9.06. The van der Waals surface area contributed by atoms with E-state index in [2.05, 4.69) is 53.6 Å². The van der Waals surface area contributed by atoms with Crippen molar-refractivity contribution in [1.29, 1.82) is 0 Å². The summed E-state index contributed by atoms with van der Waals surface area (Å²) in [6, 6.07) is 16.2. The molecule has 2 heterocycles. The third kappa shape index (κ3) is 4.88. The number of nitrogens with zero attached hydrogens (tertiary/aromatic N) is 3. The van der Waals surface area contributed by atoms with E-state index in [1.54, 1.807) is 6.08 Å². The summed E-state index contributed by atoms with van der Waals surface area (Å²) in [7, 11) is 0. The second-order valence-corrected chi connectivity index (χ2v) is 7.01. The van der Waals surface area contributed by atoms with E-state index in [0.717, 1.165) is 30.9 Å². The van der Waals surface area contributed by atoms with Gasteiger partial charge in [0.15, 0.2) is 0 Å². The third-order valence-corrected chi connectivity index (χ3v) is 5.14. The Hall–Kier alpha value is -2.16. The van der Waals surface area contributed by atoms with Crippen LogP contribution < -0.4 is 14.4 Å². The quantitative estimate of drug-likeness (QED) is 0.381. The number of anilines is 1. The Bertz CT molecular complexity index is 914. The molecule has 1 atom stereocenters. The first kappa shape index (κ1) is 21.5. The van der Waals surface area contributed by atoms with Crippen LogP contribution in [0.1, 0.15) is 12.5 Å². The molecule has 0 saturated carbocycles. The molecule has 4 rings (SSSR count). The summed E-state index contributed by atoms with van der Waals surface area (Å²) in [5.74, 6) is 1.43. The molecule has 0 spiro atoms. The maximum Gasteiger partial charge on any atom is 2.00 e. The molecule has 5 nitrogen and oxygen atoms in total. The van der Waals surface area contributed by atoms with Crippen molar-refractivity contribution in [2.24, 2.45) is 0 Å². The van der Waals surface area contributed by atoms with E-state index < -0.39 is 0 Å². The van der Waals surface area contributed by atoms with Gasteiger partial charge in [-0.25, -0.2) is 5.71 Å². The van der Waals surface area contributed by atoms with Gasteiger partial charge in [0, 0.05) is 31.4 Å². The minimum absolute atomic E-state index is 0. The summed E-state index contributed by atoms with van der Waals surface area (Å²) < 4.78 is 10.7. The molecule has 0 amide bonds. The molecular weight excluding hydrogens is 588 g/mol. The Morgan fingerprint density at radius 1 is 1.14 bits per heavy atom. The van der Waals surface area contributed by atoms with Crippen molar-refractivity contribution in [3.63, 3.8) is 0 Å². The topological polar surface area (TPSA) is 47.2 Å². The predicted octanol–water partition coefficient (Wildman–Crippen LogP) is 3.86. The number of rotatable bonds is 5. The van der Waals surface area contributed by atoms with Crippen molar-refractivity contribution < 1.29 is 40.6 Å². The number of hydrogen-bond acceptors (Lipinski definition) is 4. The Morgan fingerprint density at radius 3 is 2.66 bits per heavy atom. The SMILES string of the molecule is C=C(C(=[N-])C=[C-]c1ccc2c(c1)OCO2)N1CCN(c2ccccc2)CC1C.[U+2]. The van der Waals surface area contributed by atoms with Gasteiger partial charge in [0.25, 0.3) is 0 Å². The van der Waals surface area contributed by atoms with Crippen LogP contribution in [0, 0.1) is 37.2 Å². The average molecular weight is 611 g/mol. The smallest absolute Gasteiger partial charge is 0.854 e. The number of para-hydroxylation sites is 1. The van der Waals surface area contributed by atoms with E-state index in [0.29, 0.717) is 11.4 Å². The van der Waals surface area contributed by atoms with Gasteiger partial charge in [-0.15, -0.1) is 17.7 Å². The molecule has 2 aliphatic rings. The van der Waals surface area contributed by atoms with Gasteiger partial charge in [0.1, 0.15) is 11.5 Å². The minimum atomic E-state index is 0. The summed E-state index contributed by atoms with van der Waals surface area (Å²) in [6.07, 6.45) is 4.66. The second kappa shape index (κ2) is 9.56. The summed E-state index contributed by atoms with van der Waals surface area (Å²) >= 11 is 0. The van der Waals surface area contributed by atoms with Crippen molar-refractivity contribution in [3.8, 4) is 11.5 Å². The van der Waals surface area contributed by atoms with E-state index >= 15 is 0 Å². The molecule has 1 saturated heterocycles. The van der Waals surface area contributed by atoms with Crippen LogP contribution in [0.2, 0.25) is 0 Å². The molecule has 2 aromatic rings. The van der Waals surface area contributed by atoms with Crippen LogP contribution in [-0.2, 0) is 0 Å². The maximum atomic E-state index is 10.5. The Kier molecular flexibility index (Phi) is 7.10. The molecule has 1 unspecified atom stereocenters. The zero-order valence-electron chi connectivity index (χ0n) is 16.5. The van der Waals surface area contributed by atoms with Gasteiger partial charge >= 0.3 is 31.1 Å². The summed E-state index contributed by atoms with van der Waals surface area (Å²) in [5, 5.41) is 10.5. The van der Waals surface area contributed by atoms with Crippen molar-refractivity contribution >= 4 is 11.4 Å². The van der Waals surface area contributed by atoms with Crippen molar-refractivity contribution in [2.75, 3.05) is 31.3 Å². The van der Waals surface area contributed by atoms with Crippen molar-refractivity contribution in [3.05, 3.63) is 83.9 Å². The number of hydrogen-bond donors (Lipinski definition) is 0. The molecule has 146 valence electrons. The number of fused-ring (bicyclic) bond motifs is 1. The summed E-state index contributed by atoms with van der Waals surface area (Å²) in [4.78, 5) is 4.51. The van der Waals surface area contributed by atoms with Crippen LogP contribution in [0.4, 0.5) is 5.69 Å². The van der Waals surface area contributed by atoms with Gasteiger partial charge in [-0.2, -0.15) is 6.08 Å². The molecule has 0 radical (unpaired) electrons. The number of ether oxygens (including phenoxy) is 2. The number of piperazine rings is 1. The Balaban J connectivity index is 0.00000240. The molecule has 2 aromatic carbocycles. The maximum absolute atomic E-state index is 10.5. The van der Waals surface area contributed by atoms with Gasteiger partial charge in [0.2, 0.25) is 6.79 Å². The third-order valence-electron chi connectivity index (χ3n) is 5.14. The molecule has 1 fully saturated rings. The van der Waals surface area contributed by atoms with Crippen LogP contribution >= 0.6 is 0 Å². The minimum Gasteiger partial charge on any atom is -0.854 e. The number of benzene rings is 2. The second-order valence-electron chi connectivity index (χ2n) is 7.01. The molecule has 0 bridgehead atoms. The van der Waals surface area contributed by atoms with Crippen LogP contribution in [0.3, 0.4) is 0 Å². The first-order valence-electron chi connectivity index (χ1n) is 9.43. The zero-order valence-corrected chi connectivity index (χ0v) is 20.6. The number of allylic oxidation sites excluding steroid dienone is 1. The first-order valence-corrected chi connectivity index (χ1v) is 9.43. The molecule has 0 aliphatic carbocycles. The standard InChI is InChI=1S/C23H23N3O2.U/c1-17-15-25(20-6-4-3-5-7-20)12-13-26(17)18(2)21(24)10-8-19-9-11-22-23(14-19)28-16-27-22;/h3-7,9-11,14,17H,2,12-13,15-16H2,1H3;/q-2;+2. The van der Waals surface area contributed by atoms with Crippen LogP contribution in [0.15, 0.2) is 66.9 Å². The van der Waals surface area contributed by atoms with Crippen LogP contribution in [0.25, 0.3) is 5.41 Å². The van der Waals surface area contributed by atoms with Gasteiger partial charge < -0.3 is 24.7 Å². The fraction of sp³-hybridized carbons (Fsp3) is 0.261. The fourth-order valence-electron chi connectivity index (χ4n) is 3.60. The Morgan fingerprint density at radius 2 is 1.90 bits per heavy atom. The van der Waals surface area contributed by atoms with E-state index in [9.17, 15) is 5.41 Å². The normalized spacial score (nSPS) is 17.9. The fourth-order valence-corrected chi connectivity index (χ4v) is 3.60.